The molecule has 0 radical (unpaired) electrons. The van der Waals surface area contributed by atoms with Crippen molar-refractivity contribution in [3.63, 3.8) is 0 Å². The molecule has 10 heavy (non-hydrogen) atoms. The topological polar surface area (TPSA) is 37.3 Å². The Morgan fingerprint density at radius 2 is 2.00 bits per heavy atom. The number of fused-ring (bicyclic) bond motifs is 2. The Morgan fingerprint density at radius 3 is 2.20 bits per heavy atom. The zero-order chi connectivity index (χ0) is 7.19. The lowest BCUT2D eigenvalue weighted by atomic mass is 10.0. The predicted octanol–water partition coefficient (Wildman–Crippen LogP) is 1.54. The minimum Gasteiger partial charge on any atom is -0.306 e. The second-order valence-electron chi connectivity index (χ2n) is 3.58. The molecule has 0 aromatic heterocycles. The maximum atomic E-state index is 10.9. The van der Waals surface area contributed by atoms with Gasteiger partial charge in [-0.3, -0.25) is 0 Å². The molecule has 2 fully saturated rings. The van der Waals surface area contributed by atoms with Crippen molar-refractivity contribution in [3.8, 4) is 0 Å². The molecular formula is C7H12O2S. The van der Waals surface area contributed by atoms with E-state index in [1.807, 2.05) is 0 Å². The van der Waals surface area contributed by atoms with E-state index in [-0.39, 0.29) is 4.75 Å². The van der Waals surface area contributed by atoms with Crippen LogP contribution in [0.15, 0.2) is 0 Å². The van der Waals surface area contributed by atoms with Crippen LogP contribution in [0, 0.1) is 5.92 Å². The van der Waals surface area contributed by atoms with Gasteiger partial charge >= 0.3 is 0 Å². The van der Waals surface area contributed by atoms with Gasteiger partial charge in [-0.25, -0.2) is 4.21 Å². The summed E-state index contributed by atoms with van der Waals surface area (Å²) < 4.78 is 19.7. The molecule has 0 amide bonds. The molecule has 0 aromatic carbocycles. The first-order valence-electron chi connectivity index (χ1n) is 3.84. The summed E-state index contributed by atoms with van der Waals surface area (Å²) in [5.74, 6) is 0.774. The Balaban J connectivity index is 2.23. The molecule has 2 aliphatic rings. The summed E-state index contributed by atoms with van der Waals surface area (Å²) in [6, 6.07) is 0. The van der Waals surface area contributed by atoms with Crippen molar-refractivity contribution in [1.29, 1.82) is 0 Å². The van der Waals surface area contributed by atoms with E-state index < -0.39 is 11.1 Å². The van der Waals surface area contributed by atoms with Crippen molar-refractivity contribution >= 4 is 11.1 Å². The first-order chi connectivity index (χ1) is 4.73. The van der Waals surface area contributed by atoms with Crippen LogP contribution in [-0.2, 0) is 11.1 Å². The van der Waals surface area contributed by atoms with Crippen molar-refractivity contribution in [1.82, 2.24) is 0 Å². The van der Waals surface area contributed by atoms with Crippen LogP contribution in [0.4, 0.5) is 0 Å². The third-order valence-electron chi connectivity index (χ3n) is 3.05. The smallest absolute Gasteiger partial charge is 0.159 e. The van der Waals surface area contributed by atoms with Crippen molar-refractivity contribution < 1.29 is 8.76 Å². The summed E-state index contributed by atoms with van der Waals surface area (Å²) in [7, 11) is 0. The lowest BCUT2D eigenvalue weighted by molar-refractivity contribution is 0.462. The van der Waals surface area contributed by atoms with Crippen LogP contribution in [0.1, 0.15) is 32.1 Å². The van der Waals surface area contributed by atoms with Crippen LogP contribution in [0.25, 0.3) is 0 Å². The molecule has 2 saturated carbocycles. The molecule has 0 aromatic rings. The van der Waals surface area contributed by atoms with Gasteiger partial charge in [-0.1, -0.05) is 0 Å². The first-order valence-corrected chi connectivity index (χ1v) is 4.95. The molecule has 58 valence electrons. The third kappa shape index (κ3) is 0.768. The zero-order valence-electron chi connectivity index (χ0n) is 5.88. The lowest BCUT2D eigenvalue weighted by Crippen LogP contribution is -2.27. The maximum Gasteiger partial charge on any atom is 0.159 e. The van der Waals surface area contributed by atoms with E-state index in [0.717, 1.165) is 25.2 Å². The van der Waals surface area contributed by atoms with E-state index >= 15 is 0 Å². The number of hydrogen-bond donors (Lipinski definition) is 1. The molecular weight excluding hydrogens is 148 g/mol. The first kappa shape index (κ1) is 6.80. The summed E-state index contributed by atoms with van der Waals surface area (Å²) in [5, 5.41) is 0. The van der Waals surface area contributed by atoms with Crippen LogP contribution >= 0.6 is 0 Å². The van der Waals surface area contributed by atoms with Crippen molar-refractivity contribution in [2.45, 2.75) is 36.9 Å². The molecule has 0 spiro atoms. The van der Waals surface area contributed by atoms with Gasteiger partial charge in [0.1, 0.15) is 0 Å². The average molecular weight is 160 g/mol. The molecule has 1 atom stereocenters. The molecule has 0 aliphatic heterocycles. The molecule has 0 heterocycles. The highest BCUT2D eigenvalue weighted by molar-refractivity contribution is 7.80. The Morgan fingerprint density at radius 1 is 1.40 bits per heavy atom. The van der Waals surface area contributed by atoms with E-state index in [2.05, 4.69) is 0 Å². The van der Waals surface area contributed by atoms with Crippen LogP contribution in [-0.4, -0.2) is 13.5 Å². The van der Waals surface area contributed by atoms with Gasteiger partial charge in [-0.05, 0) is 38.0 Å². The van der Waals surface area contributed by atoms with Crippen molar-refractivity contribution in [3.05, 3.63) is 0 Å². The molecule has 1 N–H and O–H groups in total. The Hall–Kier alpha value is 0.110. The van der Waals surface area contributed by atoms with Gasteiger partial charge in [0.2, 0.25) is 0 Å². The van der Waals surface area contributed by atoms with E-state index in [0.29, 0.717) is 0 Å². The quantitative estimate of drug-likeness (QED) is 0.591. The van der Waals surface area contributed by atoms with Crippen molar-refractivity contribution in [2.75, 3.05) is 0 Å². The summed E-state index contributed by atoms with van der Waals surface area (Å²) in [5.41, 5.74) is 0. The fraction of sp³-hybridized carbons (Fsp3) is 1.00. The molecule has 0 saturated heterocycles. The monoisotopic (exact) mass is 160 g/mol. The summed E-state index contributed by atoms with van der Waals surface area (Å²) in [4.78, 5) is 0. The number of hydrogen-bond acceptors (Lipinski definition) is 1. The van der Waals surface area contributed by atoms with Gasteiger partial charge in [-0.2, -0.15) is 0 Å². The van der Waals surface area contributed by atoms with Gasteiger partial charge in [-0.15, -0.1) is 0 Å². The highest BCUT2D eigenvalue weighted by Crippen LogP contribution is 2.50. The highest BCUT2D eigenvalue weighted by atomic mass is 32.2. The van der Waals surface area contributed by atoms with E-state index in [4.69, 9.17) is 4.55 Å². The fourth-order valence-corrected chi connectivity index (χ4v) is 3.35. The molecule has 2 nitrogen and oxygen atoms in total. The Kier molecular flexibility index (Phi) is 1.39. The van der Waals surface area contributed by atoms with Crippen LogP contribution < -0.4 is 0 Å². The molecule has 1 unspecified atom stereocenters. The number of rotatable bonds is 1. The predicted molar refractivity (Wildman–Crippen MR) is 40.1 cm³/mol. The Labute approximate surface area is 63.3 Å². The minimum atomic E-state index is -1.56. The summed E-state index contributed by atoms with van der Waals surface area (Å²) in [6.45, 7) is 0. The minimum absolute atomic E-state index is 0.162. The molecule has 2 rings (SSSR count). The highest BCUT2D eigenvalue weighted by Gasteiger charge is 2.49. The normalized spacial score (nSPS) is 47.9. The van der Waals surface area contributed by atoms with Gasteiger partial charge < -0.3 is 4.55 Å². The van der Waals surface area contributed by atoms with Gasteiger partial charge in [0.25, 0.3) is 0 Å². The summed E-state index contributed by atoms with van der Waals surface area (Å²) >= 11 is -1.56. The van der Waals surface area contributed by atoms with E-state index in [9.17, 15) is 4.21 Å². The third-order valence-corrected chi connectivity index (χ3v) is 4.36. The largest absolute Gasteiger partial charge is 0.306 e. The molecule has 2 aliphatic carbocycles. The Bertz CT molecular complexity index is 170. The zero-order valence-corrected chi connectivity index (χ0v) is 6.69. The lowest BCUT2D eigenvalue weighted by Gasteiger charge is -2.20. The average Bonchev–Trinajstić information content (AvgIpc) is 2.45. The van der Waals surface area contributed by atoms with Gasteiger partial charge in [0.15, 0.2) is 11.1 Å². The van der Waals surface area contributed by atoms with Crippen LogP contribution in [0.3, 0.4) is 0 Å². The fourth-order valence-electron chi connectivity index (χ4n) is 2.38. The van der Waals surface area contributed by atoms with E-state index in [1.54, 1.807) is 0 Å². The van der Waals surface area contributed by atoms with Crippen molar-refractivity contribution in [2.24, 2.45) is 5.92 Å². The van der Waals surface area contributed by atoms with Gasteiger partial charge in [0, 0.05) is 0 Å². The van der Waals surface area contributed by atoms with Crippen LogP contribution in [0.2, 0.25) is 0 Å². The molecule has 3 heteroatoms. The SMILES string of the molecule is O=S(O)C12CCC(CC1)C2. The standard InChI is InChI=1S/C7H12O2S/c8-10(9)7-3-1-6(5-7)2-4-7/h6H,1-5H2,(H,8,9). The maximum absolute atomic E-state index is 10.9. The molecule has 2 bridgehead atoms. The second kappa shape index (κ2) is 2.05. The van der Waals surface area contributed by atoms with Gasteiger partial charge in [0.05, 0.1) is 4.75 Å². The van der Waals surface area contributed by atoms with Crippen LogP contribution in [0.5, 0.6) is 0 Å². The van der Waals surface area contributed by atoms with E-state index in [1.165, 1.54) is 12.8 Å². The second-order valence-corrected chi connectivity index (χ2v) is 4.94. The summed E-state index contributed by atoms with van der Waals surface area (Å²) in [6.07, 6.45) is 5.36.